The number of hydrogen-bond acceptors (Lipinski definition) is 14. The predicted octanol–water partition coefficient (Wildman–Crippen LogP) is 0.965. The fraction of sp³-hybridized carbons (Fsp3) is 0.437. The number of para-hydroxylation sites is 2. The summed E-state index contributed by atoms with van der Waals surface area (Å²) < 4.78 is 0. The molecule has 0 unspecified atom stereocenters. The highest BCUT2D eigenvalue weighted by Crippen LogP contribution is 2.25. The number of aromatic amines is 2. The Bertz CT molecular complexity index is 3870. The number of aromatic nitrogens is 2. The maximum Gasteiger partial charge on any atom is 0.246 e. The second-order valence-electron chi connectivity index (χ2n) is 26.2. The topological polar surface area (TPSA) is 446 Å². The Morgan fingerprint density at radius 3 is 1.51 bits per heavy atom. The fourth-order valence-electron chi connectivity index (χ4n) is 12.5. The summed E-state index contributed by atoms with van der Waals surface area (Å²) in [5, 5.41) is 36.2. The molecule has 2 fully saturated rings. The number of benzene rings is 4. The van der Waals surface area contributed by atoms with Crippen LogP contribution in [0.15, 0.2) is 116 Å². The molecule has 10 atom stereocenters. The first-order valence-corrected chi connectivity index (χ1v) is 33.6. The molecule has 99 heavy (non-hydrogen) atoms. The molecule has 28 heteroatoms. The second kappa shape index (κ2) is 35.0. The van der Waals surface area contributed by atoms with Crippen molar-refractivity contribution < 1.29 is 62.6 Å². The van der Waals surface area contributed by atoms with Crippen molar-refractivity contribution in [3.63, 3.8) is 0 Å². The summed E-state index contributed by atoms with van der Waals surface area (Å²) in [4.78, 5) is 183. The number of nitrogens with one attached hydrogen (secondary N) is 11. The van der Waals surface area contributed by atoms with E-state index in [1.165, 1.54) is 29.2 Å². The van der Waals surface area contributed by atoms with Gasteiger partial charge in [-0.3, -0.25) is 57.5 Å². The molecule has 528 valence electrons. The second-order valence-corrected chi connectivity index (χ2v) is 26.2. The van der Waals surface area contributed by atoms with Gasteiger partial charge in [0, 0.05) is 72.8 Å². The molecular weight excluding hydrogens is 1270 g/mol. The van der Waals surface area contributed by atoms with E-state index < -0.39 is 156 Å². The first kappa shape index (κ1) is 74.2. The highest BCUT2D eigenvalue weighted by molar-refractivity contribution is 6.01. The number of phenolic OH excluding ortho intramolecular Hbond substituents is 1. The summed E-state index contributed by atoms with van der Waals surface area (Å²) in [5.41, 5.74) is 20.7. The van der Waals surface area contributed by atoms with Crippen LogP contribution in [-0.2, 0) is 83.2 Å². The van der Waals surface area contributed by atoms with Crippen LogP contribution in [0, 0.1) is 11.8 Å². The van der Waals surface area contributed by atoms with E-state index in [4.69, 9.17) is 17.2 Å². The van der Waals surface area contributed by atoms with Crippen molar-refractivity contribution >= 4 is 92.7 Å². The van der Waals surface area contributed by atoms with E-state index in [0.717, 1.165) is 0 Å². The Labute approximate surface area is 573 Å². The minimum atomic E-state index is -1.88. The number of aromatic hydroxyl groups is 1. The molecule has 4 aromatic carbocycles. The highest BCUT2D eigenvalue weighted by Gasteiger charge is 2.42. The molecule has 0 radical (unpaired) electrons. The van der Waals surface area contributed by atoms with Gasteiger partial charge in [-0.25, -0.2) is 0 Å². The molecule has 0 saturated carbocycles. The molecule has 2 aromatic heterocycles. The number of carbonyl (C=O) groups is 12. The Hall–Kier alpha value is -10.6. The highest BCUT2D eigenvalue weighted by atomic mass is 16.3. The summed E-state index contributed by atoms with van der Waals surface area (Å²) in [6.45, 7) is 7.21. The van der Waals surface area contributed by atoms with Crippen LogP contribution in [0.3, 0.4) is 0 Å². The lowest BCUT2D eigenvalue weighted by Gasteiger charge is -2.32. The van der Waals surface area contributed by atoms with Crippen LogP contribution in [0.25, 0.3) is 21.8 Å². The van der Waals surface area contributed by atoms with Crippen LogP contribution < -0.4 is 65.1 Å². The quantitative estimate of drug-likeness (QED) is 0.0474. The smallest absolute Gasteiger partial charge is 0.246 e. The van der Waals surface area contributed by atoms with Crippen LogP contribution >= 0.6 is 0 Å². The number of nitrogens with zero attached hydrogens (tertiary/aromatic N) is 1. The van der Waals surface area contributed by atoms with Gasteiger partial charge in [0.25, 0.3) is 0 Å². The molecule has 0 spiro atoms. The first-order chi connectivity index (χ1) is 47.3. The van der Waals surface area contributed by atoms with Gasteiger partial charge in [0.1, 0.15) is 66.2 Å². The molecule has 28 nitrogen and oxygen atoms in total. The summed E-state index contributed by atoms with van der Waals surface area (Å²) in [7, 11) is 0. The third-order valence-electron chi connectivity index (χ3n) is 17.7. The number of unbranched alkanes of at least 4 members (excludes halogenated alkanes) is 1. The van der Waals surface area contributed by atoms with Crippen molar-refractivity contribution in [2.45, 2.75) is 172 Å². The van der Waals surface area contributed by atoms with E-state index in [1.807, 2.05) is 32.0 Å². The molecular formula is C71H91N15O13. The maximum atomic E-state index is 15.4. The molecule has 12 amide bonds. The number of H-pyrrole nitrogens is 2. The Morgan fingerprint density at radius 2 is 0.939 bits per heavy atom. The van der Waals surface area contributed by atoms with Gasteiger partial charge in [-0.15, -0.1) is 0 Å². The first-order valence-electron chi connectivity index (χ1n) is 33.6. The van der Waals surface area contributed by atoms with Gasteiger partial charge in [0.05, 0.1) is 6.42 Å². The molecule has 8 rings (SSSR count). The monoisotopic (exact) mass is 1360 g/mol. The number of carbonyl (C=O) groups excluding carboxylic acids is 12. The zero-order chi connectivity index (χ0) is 71.4. The average Bonchev–Trinajstić information content (AvgIpc) is 1.52. The average molecular weight is 1360 g/mol. The number of phenols is 1. The number of amides is 12. The predicted molar refractivity (Wildman–Crippen MR) is 368 cm³/mol. The zero-order valence-electron chi connectivity index (χ0n) is 56.0. The van der Waals surface area contributed by atoms with Crippen molar-refractivity contribution in [3.8, 4) is 5.75 Å². The van der Waals surface area contributed by atoms with Crippen LogP contribution in [0.4, 0.5) is 0 Å². The molecule has 18 N–H and O–H groups in total. The van der Waals surface area contributed by atoms with E-state index in [9.17, 15) is 43.5 Å². The normalized spacial score (nSPS) is 23.2. The Balaban J connectivity index is 1.23. The summed E-state index contributed by atoms with van der Waals surface area (Å²) in [6, 6.07) is 14.0. The number of nitrogens with two attached hydrogens (primary N) is 3. The van der Waals surface area contributed by atoms with E-state index in [-0.39, 0.29) is 69.7 Å². The summed E-state index contributed by atoms with van der Waals surface area (Å²) in [5.74, 6) is -11.9. The van der Waals surface area contributed by atoms with Crippen LogP contribution in [-0.4, -0.2) is 164 Å². The molecule has 4 heterocycles. The zero-order valence-corrected chi connectivity index (χ0v) is 56.0. The van der Waals surface area contributed by atoms with Gasteiger partial charge in [-0.2, -0.15) is 0 Å². The number of fused-ring (bicyclic) bond motifs is 3. The van der Waals surface area contributed by atoms with Crippen LogP contribution in [0.1, 0.15) is 108 Å². The molecule has 0 aliphatic carbocycles. The van der Waals surface area contributed by atoms with Gasteiger partial charge in [-0.05, 0) is 110 Å². The lowest BCUT2D eigenvalue weighted by Crippen LogP contribution is -2.62. The third-order valence-corrected chi connectivity index (χ3v) is 17.7. The van der Waals surface area contributed by atoms with E-state index in [1.54, 1.807) is 86.9 Å². The van der Waals surface area contributed by atoms with Crippen molar-refractivity contribution in [1.29, 1.82) is 0 Å². The summed E-state index contributed by atoms with van der Waals surface area (Å²) in [6.07, 6.45) is 1.95. The van der Waals surface area contributed by atoms with E-state index in [0.29, 0.717) is 63.3 Å². The minimum Gasteiger partial charge on any atom is -0.508 e. The van der Waals surface area contributed by atoms with Crippen molar-refractivity contribution in [2.75, 3.05) is 13.1 Å². The molecule has 2 aliphatic rings. The maximum absolute atomic E-state index is 15.4. The molecule has 0 bridgehead atoms. The van der Waals surface area contributed by atoms with Crippen LogP contribution in [0.5, 0.6) is 5.75 Å². The van der Waals surface area contributed by atoms with Gasteiger partial charge < -0.3 is 85.0 Å². The largest absolute Gasteiger partial charge is 0.508 e. The lowest BCUT2D eigenvalue weighted by molar-refractivity contribution is -0.142. The minimum absolute atomic E-state index is 0.0227. The van der Waals surface area contributed by atoms with Gasteiger partial charge >= 0.3 is 0 Å². The summed E-state index contributed by atoms with van der Waals surface area (Å²) >= 11 is 0. The van der Waals surface area contributed by atoms with Crippen LogP contribution in [0.2, 0.25) is 0 Å². The van der Waals surface area contributed by atoms with Crippen molar-refractivity contribution in [1.82, 2.24) is 62.7 Å². The van der Waals surface area contributed by atoms with Gasteiger partial charge in [-0.1, -0.05) is 107 Å². The molecule has 2 aliphatic heterocycles. The number of hydrogen-bond donors (Lipinski definition) is 15. The van der Waals surface area contributed by atoms with E-state index in [2.05, 4.69) is 57.8 Å². The van der Waals surface area contributed by atoms with Crippen molar-refractivity contribution in [3.05, 3.63) is 138 Å². The van der Waals surface area contributed by atoms with E-state index >= 15 is 19.2 Å². The lowest BCUT2D eigenvalue weighted by atomic mass is 9.98. The molecule has 6 aromatic rings. The van der Waals surface area contributed by atoms with Gasteiger partial charge in [0.15, 0.2) is 0 Å². The standard InChI is InChI=1S/C71H91N15O13/c1-39(2)31-52-64(92)84-57(33-41-15-6-5-7-16-41)71(99)86-30-14-22-58(86)69(97)83-55(35-44-38-76-49-20-11-9-18-47(44)49)66(94)81-54(34-43-37-75-48-19-10-8-17-46(43)48)65(93)82-56(36-60(74)89)67(95)77-51(27-28-59(73)88)63(91)80-53(32-42-23-25-45(87)26-24-42)68(96)85-61(40(3)4)70(98)78-50(62(90)79-52)21-12-13-29-72/h5-11,15-20,23-26,37-40,50-58,61,75-76,87H,12-14,21-22,27-36,72H2,1-4H3,(H2,73,88)(H2,74,89)(H,77,95)(H,78,98)(H,79,90)(H,80,91)(H,81,94)(H,82,93)(H,83,97)(H,84,92)(H,85,96)/t50-,51-,52-,53-,54+,55-,56-,57+,58-,61-/m0/s1. The number of rotatable bonds is 20. The number of primary amides is 2. The Morgan fingerprint density at radius 1 is 0.485 bits per heavy atom. The SMILES string of the molecule is CC(C)C[C@@H]1NC(=O)[C@H](CCCCN)NC(=O)[C@H](C(C)C)NC(=O)[C@H](Cc2ccc(O)cc2)NC(=O)[C@H](CCC(N)=O)NC(=O)[C@H](CC(N)=O)NC(=O)[C@@H](Cc2c[nH]c3ccccc23)NC(=O)[C@H](Cc2c[nH]c3ccccc23)NC(=O)[C@@H]2CCCN2C(=O)[C@@H](Cc2ccccc2)NC1=O. The van der Waals surface area contributed by atoms with Gasteiger partial charge in [0.2, 0.25) is 70.9 Å². The molecule has 2 saturated heterocycles. The third kappa shape index (κ3) is 20.7. The fourth-order valence-corrected chi connectivity index (χ4v) is 12.5. The van der Waals surface area contributed by atoms with Crippen molar-refractivity contribution in [2.24, 2.45) is 29.0 Å². The Kier molecular flexibility index (Phi) is 26.2.